The van der Waals surface area contributed by atoms with Crippen molar-refractivity contribution in [1.29, 1.82) is 0 Å². The monoisotopic (exact) mass is 299 g/mol. The molecule has 1 saturated carbocycles. The molecule has 3 atom stereocenters. The molecule has 1 nitrogen and oxygen atoms in total. The Balaban J connectivity index is 2.06. The molecule has 1 N–H and O–H groups in total. The van der Waals surface area contributed by atoms with Gasteiger partial charge < -0.3 is 5.32 Å². The van der Waals surface area contributed by atoms with Gasteiger partial charge in [0.2, 0.25) is 0 Å². The molecule has 19 heavy (non-hydrogen) atoms. The summed E-state index contributed by atoms with van der Waals surface area (Å²) in [6.45, 7) is 4.53. The molecule has 0 radical (unpaired) electrons. The summed E-state index contributed by atoms with van der Waals surface area (Å²) >= 11 is 12.4. The van der Waals surface area contributed by atoms with Crippen LogP contribution >= 0.6 is 23.2 Å². The van der Waals surface area contributed by atoms with Gasteiger partial charge in [-0.1, -0.05) is 49.4 Å². The average molecular weight is 300 g/mol. The van der Waals surface area contributed by atoms with Crippen LogP contribution in [0, 0.1) is 5.92 Å². The van der Waals surface area contributed by atoms with Gasteiger partial charge in [0, 0.05) is 22.1 Å². The van der Waals surface area contributed by atoms with Crippen LogP contribution in [0.2, 0.25) is 10.0 Å². The van der Waals surface area contributed by atoms with Crippen LogP contribution in [0.4, 0.5) is 0 Å². The van der Waals surface area contributed by atoms with Crippen molar-refractivity contribution in [3.8, 4) is 0 Å². The van der Waals surface area contributed by atoms with E-state index in [1.807, 2.05) is 18.2 Å². The van der Waals surface area contributed by atoms with Gasteiger partial charge in [0.15, 0.2) is 0 Å². The fourth-order valence-electron chi connectivity index (χ4n) is 3.00. The smallest absolute Gasteiger partial charge is 0.0454 e. The summed E-state index contributed by atoms with van der Waals surface area (Å²) in [6.07, 6.45) is 6.66. The number of halogens is 2. The topological polar surface area (TPSA) is 12.0 Å². The molecule has 2 rings (SSSR count). The van der Waals surface area contributed by atoms with E-state index < -0.39 is 0 Å². The Bertz CT molecular complexity index is 419. The Kier molecular flexibility index (Phi) is 5.56. The first-order valence-electron chi connectivity index (χ1n) is 7.29. The third kappa shape index (κ3) is 4.11. The highest BCUT2D eigenvalue weighted by Crippen LogP contribution is 2.29. The van der Waals surface area contributed by atoms with Crippen LogP contribution in [0.1, 0.15) is 57.6 Å². The van der Waals surface area contributed by atoms with Crippen LogP contribution in [-0.2, 0) is 0 Å². The van der Waals surface area contributed by atoms with E-state index in [4.69, 9.17) is 23.2 Å². The minimum absolute atomic E-state index is 0.247. The van der Waals surface area contributed by atoms with E-state index in [1.54, 1.807) is 0 Å². The summed E-state index contributed by atoms with van der Waals surface area (Å²) in [6, 6.07) is 6.54. The zero-order chi connectivity index (χ0) is 13.8. The lowest BCUT2D eigenvalue weighted by molar-refractivity contribution is 0.330. The van der Waals surface area contributed by atoms with Gasteiger partial charge in [-0.15, -0.1) is 0 Å². The van der Waals surface area contributed by atoms with E-state index in [0.29, 0.717) is 6.04 Å². The first-order valence-corrected chi connectivity index (χ1v) is 8.04. The largest absolute Gasteiger partial charge is 0.307 e. The van der Waals surface area contributed by atoms with Crippen LogP contribution in [0.5, 0.6) is 0 Å². The van der Waals surface area contributed by atoms with Crippen molar-refractivity contribution >= 4 is 23.2 Å². The SMILES string of the molecule is CC(NC1CCCCCC1C)c1cc(Cl)ccc1Cl. The predicted molar refractivity (Wildman–Crippen MR) is 84.0 cm³/mol. The fraction of sp³-hybridized carbons (Fsp3) is 0.625. The molecule has 3 unspecified atom stereocenters. The maximum Gasteiger partial charge on any atom is 0.0454 e. The summed E-state index contributed by atoms with van der Waals surface area (Å²) in [5.41, 5.74) is 1.10. The number of benzene rings is 1. The molecule has 0 amide bonds. The Labute approximate surface area is 126 Å². The van der Waals surface area contributed by atoms with Gasteiger partial charge in [-0.05, 0) is 49.4 Å². The van der Waals surface area contributed by atoms with Crippen molar-refractivity contribution in [3.05, 3.63) is 33.8 Å². The maximum atomic E-state index is 6.28. The van der Waals surface area contributed by atoms with Gasteiger partial charge in [0.05, 0.1) is 0 Å². The van der Waals surface area contributed by atoms with Crippen LogP contribution in [0.3, 0.4) is 0 Å². The second kappa shape index (κ2) is 6.97. The van der Waals surface area contributed by atoms with Crippen LogP contribution < -0.4 is 5.32 Å². The highest BCUT2D eigenvalue weighted by molar-refractivity contribution is 6.33. The van der Waals surface area contributed by atoms with Crippen LogP contribution in [0.25, 0.3) is 0 Å². The molecule has 0 spiro atoms. The first-order chi connectivity index (χ1) is 9.08. The Morgan fingerprint density at radius 3 is 2.68 bits per heavy atom. The molecule has 1 aromatic carbocycles. The molecule has 0 bridgehead atoms. The molecular formula is C16H23Cl2N. The molecular weight excluding hydrogens is 277 g/mol. The van der Waals surface area contributed by atoms with Crippen molar-refractivity contribution in [2.45, 2.75) is 58.0 Å². The van der Waals surface area contributed by atoms with Crippen molar-refractivity contribution in [2.75, 3.05) is 0 Å². The summed E-state index contributed by atoms with van der Waals surface area (Å²) in [7, 11) is 0. The molecule has 0 aliphatic heterocycles. The fourth-order valence-corrected chi connectivity index (χ4v) is 3.46. The first kappa shape index (κ1) is 15.2. The molecule has 1 aliphatic carbocycles. The second-order valence-electron chi connectivity index (χ2n) is 5.78. The van der Waals surface area contributed by atoms with Crippen LogP contribution in [-0.4, -0.2) is 6.04 Å². The average Bonchev–Trinajstić information content (AvgIpc) is 2.58. The van der Waals surface area contributed by atoms with E-state index >= 15 is 0 Å². The van der Waals surface area contributed by atoms with E-state index in [9.17, 15) is 0 Å². The van der Waals surface area contributed by atoms with Crippen molar-refractivity contribution < 1.29 is 0 Å². The third-order valence-corrected chi connectivity index (χ3v) is 4.83. The molecule has 0 saturated heterocycles. The summed E-state index contributed by atoms with van der Waals surface area (Å²) in [4.78, 5) is 0. The minimum Gasteiger partial charge on any atom is -0.307 e. The van der Waals surface area contributed by atoms with Gasteiger partial charge in [-0.2, -0.15) is 0 Å². The van der Waals surface area contributed by atoms with Crippen molar-refractivity contribution in [1.82, 2.24) is 5.32 Å². The predicted octanol–water partition coefficient (Wildman–Crippen LogP) is 5.61. The van der Waals surface area contributed by atoms with Crippen molar-refractivity contribution in [2.24, 2.45) is 5.92 Å². The summed E-state index contributed by atoms with van der Waals surface area (Å²) < 4.78 is 0. The molecule has 0 heterocycles. The quantitative estimate of drug-likeness (QED) is 0.715. The van der Waals surface area contributed by atoms with Crippen molar-refractivity contribution in [3.63, 3.8) is 0 Å². The van der Waals surface area contributed by atoms with Crippen LogP contribution in [0.15, 0.2) is 18.2 Å². The lowest BCUT2D eigenvalue weighted by Crippen LogP contribution is -2.36. The molecule has 1 fully saturated rings. The Morgan fingerprint density at radius 1 is 1.16 bits per heavy atom. The zero-order valence-corrected chi connectivity index (χ0v) is 13.3. The number of hydrogen-bond donors (Lipinski definition) is 1. The van der Waals surface area contributed by atoms with Gasteiger partial charge in [0.25, 0.3) is 0 Å². The van der Waals surface area contributed by atoms with Gasteiger partial charge >= 0.3 is 0 Å². The normalized spacial score (nSPS) is 25.9. The molecule has 106 valence electrons. The van der Waals surface area contributed by atoms with E-state index in [1.165, 1.54) is 32.1 Å². The minimum atomic E-state index is 0.247. The zero-order valence-electron chi connectivity index (χ0n) is 11.8. The van der Waals surface area contributed by atoms with Gasteiger partial charge in [-0.3, -0.25) is 0 Å². The second-order valence-corrected chi connectivity index (χ2v) is 6.62. The standard InChI is InChI=1S/C16H23Cl2N/c1-11-6-4-3-5-7-16(11)19-12(2)14-10-13(17)8-9-15(14)18/h8-12,16,19H,3-7H2,1-2H3. The highest BCUT2D eigenvalue weighted by Gasteiger charge is 2.22. The number of rotatable bonds is 3. The van der Waals surface area contributed by atoms with Gasteiger partial charge in [0.1, 0.15) is 0 Å². The lowest BCUT2D eigenvalue weighted by atomic mass is 9.95. The molecule has 3 heteroatoms. The van der Waals surface area contributed by atoms with Gasteiger partial charge in [-0.25, -0.2) is 0 Å². The number of hydrogen-bond acceptors (Lipinski definition) is 1. The lowest BCUT2D eigenvalue weighted by Gasteiger charge is -2.27. The highest BCUT2D eigenvalue weighted by atomic mass is 35.5. The number of nitrogens with one attached hydrogen (secondary N) is 1. The Hall–Kier alpha value is -0.240. The summed E-state index contributed by atoms with van der Waals surface area (Å²) in [5, 5.41) is 5.30. The van der Waals surface area contributed by atoms with E-state index in [2.05, 4.69) is 19.2 Å². The summed E-state index contributed by atoms with van der Waals surface area (Å²) in [5.74, 6) is 0.739. The third-order valence-electron chi connectivity index (χ3n) is 4.25. The molecule has 1 aromatic rings. The Morgan fingerprint density at radius 2 is 1.89 bits per heavy atom. The molecule has 1 aliphatic rings. The van der Waals surface area contributed by atoms with E-state index in [0.717, 1.165) is 21.5 Å². The molecule has 0 aromatic heterocycles. The van der Waals surface area contributed by atoms with E-state index in [-0.39, 0.29) is 6.04 Å². The maximum absolute atomic E-state index is 6.28.